The molecule has 0 unspecified atom stereocenters. The van der Waals surface area contributed by atoms with Crippen molar-refractivity contribution in [2.24, 2.45) is 0 Å². The lowest BCUT2D eigenvalue weighted by Gasteiger charge is -2.13. The van der Waals surface area contributed by atoms with Crippen molar-refractivity contribution in [1.82, 2.24) is 0 Å². The molecule has 0 radical (unpaired) electrons. The second-order valence-electron chi connectivity index (χ2n) is 4.22. The van der Waals surface area contributed by atoms with Crippen LogP contribution in [-0.4, -0.2) is 13.7 Å². The van der Waals surface area contributed by atoms with Gasteiger partial charge in [0, 0.05) is 12.1 Å². The summed E-state index contributed by atoms with van der Waals surface area (Å²) in [4.78, 5) is 0. The molecule has 2 aromatic carbocycles. The number of para-hydroxylation sites is 2. The zero-order valence-corrected chi connectivity index (χ0v) is 11.7. The van der Waals surface area contributed by atoms with Crippen molar-refractivity contribution < 1.29 is 13.9 Å². The van der Waals surface area contributed by atoms with Gasteiger partial charge in [0.2, 0.25) is 0 Å². The van der Waals surface area contributed by atoms with E-state index < -0.39 is 0 Å². The summed E-state index contributed by atoms with van der Waals surface area (Å²) >= 11 is 0. The Morgan fingerprint density at radius 3 is 2.55 bits per heavy atom. The molecule has 0 atom stereocenters. The zero-order valence-electron chi connectivity index (χ0n) is 11.7. The number of hydrogen-bond acceptors (Lipinski definition) is 3. The van der Waals surface area contributed by atoms with E-state index >= 15 is 0 Å². The summed E-state index contributed by atoms with van der Waals surface area (Å²) in [6.07, 6.45) is 0. The lowest BCUT2D eigenvalue weighted by atomic mass is 10.2. The lowest BCUT2D eigenvalue weighted by molar-refractivity contribution is 0.341. The van der Waals surface area contributed by atoms with Gasteiger partial charge in [0.25, 0.3) is 0 Å². The van der Waals surface area contributed by atoms with Gasteiger partial charge < -0.3 is 14.8 Å². The van der Waals surface area contributed by atoms with Gasteiger partial charge in [0.1, 0.15) is 5.75 Å². The maximum absolute atomic E-state index is 14.0. The van der Waals surface area contributed by atoms with Gasteiger partial charge in [-0.05, 0) is 25.1 Å². The molecule has 0 aliphatic heterocycles. The summed E-state index contributed by atoms with van der Waals surface area (Å²) in [7, 11) is 1.46. The monoisotopic (exact) mass is 275 g/mol. The molecule has 2 rings (SSSR count). The number of anilines is 1. The minimum atomic E-state index is -0.337. The Bertz CT molecular complexity index is 572. The molecule has 0 aliphatic rings. The van der Waals surface area contributed by atoms with Crippen LogP contribution in [0.1, 0.15) is 12.5 Å². The maximum Gasteiger partial charge on any atom is 0.170 e. The quantitative estimate of drug-likeness (QED) is 0.868. The predicted molar refractivity (Wildman–Crippen MR) is 77.9 cm³/mol. The average Bonchev–Trinajstić information content (AvgIpc) is 2.48. The molecule has 0 amide bonds. The third kappa shape index (κ3) is 3.20. The van der Waals surface area contributed by atoms with Gasteiger partial charge >= 0.3 is 0 Å². The first-order valence-corrected chi connectivity index (χ1v) is 6.53. The average molecular weight is 275 g/mol. The highest BCUT2D eigenvalue weighted by Crippen LogP contribution is 2.26. The van der Waals surface area contributed by atoms with E-state index in [2.05, 4.69) is 5.32 Å². The van der Waals surface area contributed by atoms with Gasteiger partial charge in [-0.2, -0.15) is 0 Å². The van der Waals surface area contributed by atoms with Crippen molar-refractivity contribution in [1.29, 1.82) is 0 Å². The molecule has 0 aromatic heterocycles. The number of hydrogen-bond donors (Lipinski definition) is 1. The van der Waals surface area contributed by atoms with E-state index in [1.165, 1.54) is 7.11 Å². The van der Waals surface area contributed by atoms with Gasteiger partial charge in [-0.15, -0.1) is 0 Å². The van der Waals surface area contributed by atoms with Crippen molar-refractivity contribution in [3.05, 3.63) is 53.8 Å². The highest BCUT2D eigenvalue weighted by molar-refractivity contribution is 5.56. The largest absolute Gasteiger partial charge is 0.494 e. The molecule has 0 saturated carbocycles. The standard InChI is InChI=1S/C16H18FNO2/c1-3-20-14-9-5-4-8-13(14)18-11-12-7-6-10-15(19-2)16(12)17/h4-10,18H,3,11H2,1-2H3. The van der Waals surface area contributed by atoms with Crippen LogP contribution in [0.3, 0.4) is 0 Å². The topological polar surface area (TPSA) is 30.5 Å². The fraction of sp³-hybridized carbons (Fsp3) is 0.250. The fourth-order valence-corrected chi connectivity index (χ4v) is 1.93. The highest BCUT2D eigenvalue weighted by Gasteiger charge is 2.09. The van der Waals surface area contributed by atoms with Crippen LogP contribution in [0.2, 0.25) is 0 Å². The lowest BCUT2D eigenvalue weighted by Crippen LogP contribution is -2.05. The van der Waals surface area contributed by atoms with Crippen LogP contribution in [0.15, 0.2) is 42.5 Å². The molecular formula is C16H18FNO2. The molecular weight excluding hydrogens is 257 g/mol. The third-order valence-corrected chi connectivity index (χ3v) is 2.92. The number of ether oxygens (including phenoxy) is 2. The molecule has 0 spiro atoms. The fourth-order valence-electron chi connectivity index (χ4n) is 1.93. The number of halogens is 1. The molecule has 0 heterocycles. The van der Waals surface area contributed by atoms with Crippen molar-refractivity contribution >= 4 is 5.69 Å². The predicted octanol–water partition coefficient (Wildman–Crippen LogP) is 3.85. The van der Waals surface area contributed by atoms with E-state index in [9.17, 15) is 4.39 Å². The summed E-state index contributed by atoms with van der Waals surface area (Å²) in [6, 6.07) is 12.7. The summed E-state index contributed by atoms with van der Waals surface area (Å²) in [5.74, 6) is 0.678. The second kappa shape index (κ2) is 6.80. The van der Waals surface area contributed by atoms with Gasteiger partial charge in [-0.3, -0.25) is 0 Å². The van der Waals surface area contributed by atoms with E-state index in [4.69, 9.17) is 9.47 Å². The van der Waals surface area contributed by atoms with Crippen molar-refractivity contribution in [2.75, 3.05) is 19.0 Å². The van der Waals surface area contributed by atoms with Crippen LogP contribution < -0.4 is 14.8 Å². The number of nitrogens with one attached hydrogen (secondary N) is 1. The molecule has 106 valence electrons. The Hall–Kier alpha value is -2.23. The Morgan fingerprint density at radius 1 is 1.05 bits per heavy atom. The van der Waals surface area contributed by atoms with Crippen LogP contribution in [0.4, 0.5) is 10.1 Å². The maximum atomic E-state index is 14.0. The van der Waals surface area contributed by atoms with Gasteiger partial charge in [-0.25, -0.2) is 4.39 Å². The number of methoxy groups -OCH3 is 1. The molecule has 0 saturated heterocycles. The van der Waals surface area contributed by atoms with Gasteiger partial charge in [-0.1, -0.05) is 24.3 Å². The molecule has 4 heteroatoms. The minimum Gasteiger partial charge on any atom is -0.494 e. The van der Waals surface area contributed by atoms with Crippen molar-refractivity contribution in [3.63, 3.8) is 0 Å². The third-order valence-electron chi connectivity index (χ3n) is 2.92. The second-order valence-corrected chi connectivity index (χ2v) is 4.22. The molecule has 3 nitrogen and oxygen atoms in total. The summed E-state index contributed by atoms with van der Waals surface area (Å²) < 4.78 is 24.5. The van der Waals surface area contributed by atoms with E-state index in [0.717, 1.165) is 11.4 Å². The van der Waals surface area contributed by atoms with E-state index in [1.807, 2.05) is 31.2 Å². The molecule has 20 heavy (non-hydrogen) atoms. The summed E-state index contributed by atoms with van der Waals surface area (Å²) in [6.45, 7) is 2.89. The highest BCUT2D eigenvalue weighted by atomic mass is 19.1. The minimum absolute atomic E-state index is 0.252. The van der Waals surface area contributed by atoms with Crippen LogP contribution in [0, 0.1) is 5.82 Å². The zero-order chi connectivity index (χ0) is 14.4. The molecule has 0 aliphatic carbocycles. The summed E-state index contributed by atoms with van der Waals surface area (Å²) in [5, 5.41) is 3.19. The molecule has 2 aromatic rings. The van der Waals surface area contributed by atoms with Crippen LogP contribution in [0.25, 0.3) is 0 Å². The van der Waals surface area contributed by atoms with Gasteiger partial charge in [0.05, 0.1) is 19.4 Å². The van der Waals surface area contributed by atoms with E-state index in [-0.39, 0.29) is 11.6 Å². The molecule has 0 bridgehead atoms. The van der Waals surface area contributed by atoms with Crippen LogP contribution in [-0.2, 0) is 6.54 Å². The van der Waals surface area contributed by atoms with Crippen LogP contribution in [0.5, 0.6) is 11.5 Å². The molecule has 1 N–H and O–H groups in total. The molecule has 0 fully saturated rings. The number of benzene rings is 2. The SMILES string of the molecule is CCOc1ccccc1NCc1cccc(OC)c1F. The first-order valence-electron chi connectivity index (χ1n) is 6.53. The Balaban J connectivity index is 2.13. The van der Waals surface area contributed by atoms with E-state index in [0.29, 0.717) is 18.7 Å². The normalized spacial score (nSPS) is 10.2. The Labute approximate surface area is 118 Å². The first-order chi connectivity index (χ1) is 9.76. The Kier molecular flexibility index (Phi) is 4.82. The Morgan fingerprint density at radius 2 is 1.80 bits per heavy atom. The smallest absolute Gasteiger partial charge is 0.170 e. The summed E-state index contributed by atoms with van der Waals surface area (Å²) in [5.41, 5.74) is 1.40. The first kappa shape index (κ1) is 14.2. The van der Waals surface area contributed by atoms with Gasteiger partial charge in [0.15, 0.2) is 11.6 Å². The van der Waals surface area contributed by atoms with Crippen molar-refractivity contribution in [3.8, 4) is 11.5 Å². The van der Waals surface area contributed by atoms with E-state index in [1.54, 1.807) is 18.2 Å². The van der Waals surface area contributed by atoms with Crippen molar-refractivity contribution in [2.45, 2.75) is 13.5 Å². The number of rotatable bonds is 6. The van der Waals surface area contributed by atoms with Crippen LogP contribution >= 0.6 is 0 Å².